The Morgan fingerprint density at radius 1 is 0.976 bits per heavy atom. The molecule has 3 aromatic carbocycles. The van der Waals surface area contributed by atoms with Crippen LogP contribution in [0, 0.1) is 5.82 Å². The summed E-state index contributed by atoms with van der Waals surface area (Å²) in [7, 11) is -3.83. The van der Waals surface area contributed by atoms with Crippen molar-refractivity contribution in [3.63, 3.8) is 0 Å². The summed E-state index contributed by atoms with van der Waals surface area (Å²) in [6.07, 6.45) is 1.24. The highest BCUT2D eigenvalue weighted by atomic mass is 35.5. The third-order valence-electron chi connectivity index (χ3n) is 6.33. The molecule has 1 atom stereocenters. The number of nitrogens with one attached hydrogen (secondary N) is 1. The monoisotopic (exact) mass is 621 g/mol. The number of anilines is 1. The number of para-hydroxylation sites is 1. The average Bonchev–Trinajstić information content (AvgIpc) is 2.89. The molecule has 0 saturated heterocycles. The first-order chi connectivity index (χ1) is 19.4. The van der Waals surface area contributed by atoms with Gasteiger partial charge >= 0.3 is 0 Å². The smallest absolute Gasteiger partial charge is 0.243 e. The lowest BCUT2D eigenvalue weighted by atomic mass is 10.0. The Morgan fingerprint density at radius 2 is 1.63 bits per heavy atom. The van der Waals surface area contributed by atoms with Gasteiger partial charge in [-0.3, -0.25) is 13.9 Å². The Bertz CT molecular complexity index is 1460. The first-order valence-electron chi connectivity index (χ1n) is 13.2. The van der Waals surface area contributed by atoms with E-state index in [9.17, 15) is 22.4 Å². The highest BCUT2D eigenvalue weighted by Gasteiger charge is 2.31. The van der Waals surface area contributed by atoms with E-state index in [1.165, 1.54) is 23.1 Å². The van der Waals surface area contributed by atoms with Gasteiger partial charge < -0.3 is 10.2 Å². The number of halogens is 3. The van der Waals surface area contributed by atoms with Crippen LogP contribution < -0.4 is 9.62 Å². The van der Waals surface area contributed by atoms with Crippen molar-refractivity contribution in [3.05, 3.63) is 99.8 Å². The van der Waals surface area contributed by atoms with E-state index in [0.717, 1.165) is 16.1 Å². The number of hydrogen-bond acceptors (Lipinski definition) is 4. The lowest BCUT2D eigenvalue weighted by Gasteiger charge is -2.32. The topological polar surface area (TPSA) is 86.8 Å². The molecular weight excluding hydrogens is 588 g/mol. The van der Waals surface area contributed by atoms with E-state index in [-0.39, 0.29) is 55.9 Å². The van der Waals surface area contributed by atoms with Crippen LogP contribution in [-0.4, -0.2) is 50.0 Å². The molecule has 0 heterocycles. The zero-order chi connectivity index (χ0) is 30.2. The quantitative estimate of drug-likeness (QED) is 0.260. The molecule has 0 bridgehead atoms. The summed E-state index contributed by atoms with van der Waals surface area (Å²) in [5.74, 6) is -1.39. The first-order valence-corrected chi connectivity index (χ1v) is 15.8. The summed E-state index contributed by atoms with van der Waals surface area (Å²) in [5.41, 5.74) is 1.37. The van der Waals surface area contributed by atoms with E-state index in [1.807, 2.05) is 44.2 Å². The van der Waals surface area contributed by atoms with E-state index in [2.05, 4.69) is 5.32 Å². The molecule has 0 aromatic heterocycles. The molecule has 0 aliphatic carbocycles. The Hall–Kier alpha value is -3.14. The summed E-state index contributed by atoms with van der Waals surface area (Å²) in [6, 6.07) is 18.8. The maximum atomic E-state index is 14.5. The van der Waals surface area contributed by atoms with Crippen molar-refractivity contribution in [1.29, 1.82) is 0 Å². The SMILES string of the molecule is CC(C)NC(=O)[C@H](Cc1ccccc1)N(Cc1ccc(Cl)cc1Cl)C(=O)CCCN(c1ccccc1F)S(C)(=O)=O. The fourth-order valence-corrected chi connectivity index (χ4v) is 5.84. The van der Waals surface area contributed by atoms with Gasteiger partial charge in [0.2, 0.25) is 21.8 Å². The highest BCUT2D eigenvalue weighted by Crippen LogP contribution is 2.26. The van der Waals surface area contributed by atoms with Gasteiger partial charge in [-0.2, -0.15) is 0 Å². The summed E-state index contributed by atoms with van der Waals surface area (Å²) in [6.45, 7) is 3.58. The number of carbonyl (C=O) groups excluding carboxylic acids is 2. The van der Waals surface area contributed by atoms with Gasteiger partial charge in [0.15, 0.2) is 0 Å². The predicted octanol–water partition coefficient (Wildman–Crippen LogP) is 5.84. The lowest BCUT2D eigenvalue weighted by Crippen LogP contribution is -2.51. The van der Waals surface area contributed by atoms with Gasteiger partial charge in [0.25, 0.3) is 0 Å². The average molecular weight is 623 g/mol. The van der Waals surface area contributed by atoms with Crippen LogP contribution in [0.2, 0.25) is 10.0 Å². The summed E-state index contributed by atoms with van der Waals surface area (Å²) in [4.78, 5) is 28.8. The number of carbonyl (C=O) groups is 2. The zero-order valence-electron chi connectivity index (χ0n) is 23.2. The van der Waals surface area contributed by atoms with Crippen LogP contribution in [0.4, 0.5) is 10.1 Å². The first kappa shape index (κ1) is 32.4. The molecular formula is C30H34Cl2FN3O4S. The number of amides is 2. The van der Waals surface area contributed by atoms with Crippen LogP contribution in [0.5, 0.6) is 0 Å². The normalized spacial score (nSPS) is 12.2. The molecule has 0 unspecified atom stereocenters. The number of hydrogen-bond donors (Lipinski definition) is 1. The summed E-state index contributed by atoms with van der Waals surface area (Å²) >= 11 is 12.5. The van der Waals surface area contributed by atoms with Crippen molar-refractivity contribution in [2.75, 3.05) is 17.1 Å². The van der Waals surface area contributed by atoms with Crippen LogP contribution in [-0.2, 0) is 32.6 Å². The van der Waals surface area contributed by atoms with Gasteiger partial charge in [0.05, 0.1) is 11.9 Å². The van der Waals surface area contributed by atoms with Crippen molar-refractivity contribution in [2.45, 2.75) is 51.7 Å². The fourth-order valence-electron chi connectivity index (χ4n) is 4.40. The number of benzene rings is 3. The van der Waals surface area contributed by atoms with E-state index in [1.54, 1.807) is 24.3 Å². The van der Waals surface area contributed by atoms with E-state index in [4.69, 9.17) is 23.2 Å². The Labute approximate surface area is 251 Å². The minimum Gasteiger partial charge on any atom is -0.352 e. The second-order valence-corrected chi connectivity index (χ2v) is 12.8. The van der Waals surface area contributed by atoms with Gasteiger partial charge in [-0.05, 0) is 55.7 Å². The molecule has 11 heteroatoms. The molecule has 2 amide bonds. The van der Waals surface area contributed by atoms with Crippen LogP contribution in [0.1, 0.15) is 37.8 Å². The molecule has 0 radical (unpaired) electrons. The molecule has 220 valence electrons. The minimum atomic E-state index is -3.83. The van der Waals surface area contributed by atoms with E-state index >= 15 is 0 Å². The molecule has 1 N–H and O–H groups in total. The Morgan fingerprint density at radius 3 is 2.24 bits per heavy atom. The Balaban J connectivity index is 1.92. The second kappa shape index (κ2) is 14.7. The minimum absolute atomic E-state index is 0.0287. The van der Waals surface area contributed by atoms with Crippen LogP contribution in [0.15, 0.2) is 72.8 Å². The van der Waals surface area contributed by atoms with Crippen molar-refractivity contribution in [1.82, 2.24) is 10.2 Å². The standard InChI is InChI=1S/C30H34Cl2FN3O4S/c1-21(2)34-30(38)28(18-22-10-5-4-6-11-22)35(20-23-15-16-24(31)19-25(23)32)29(37)14-9-17-36(41(3,39)40)27-13-8-7-12-26(27)33/h4-8,10-13,15-16,19,21,28H,9,14,17-18,20H2,1-3H3,(H,34,38)/t28-/m0/s1. The third-order valence-corrected chi connectivity index (χ3v) is 8.10. The van der Waals surface area contributed by atoms with Crippen LogP contribution >= 0.6 is 23.2 Å². The molecule has 0 saturated carbocycles. The van der Waals surface area contributed by atoms with Crippen molar-refractivity contribution >= 4 is 50.7 Å². The fraction of sp³-hybridized carbons (Fsp3) is 0.333. The maximum absolute atomic E-state index is 14.5. The van der Waals surface area contributed by atoms with Crippen molar-refractivity contribution in [3.8, 4) is 0 Å². The Kier molecular flexibility index (Phi) is 11.6. The highest BCUT2D eigenvalue weighted by molar-refractivity contribution is 7.92. The molecule has 0 spiro atoms. The molecule has 0 aliphatic heterocycles. The molecule has 41 heavy (non-hydrogen) atoms. The van der Waals surface area contributed by atoms with Crippen LogP contribution in [0.3, 0.4) is 0 Å². The van der Waals surface area contributed by atoms with Crippen molar-refractivity contribution < 1.29 is 22.4 Å². The van der Waals surface area contributed by atoms with Gasteiger partial charge in [-0.1, -0.05) is 71.7 Å². The van der Waals surface area contributed by atoms with E-state index < -0.39 is 21.9 Å². The number of rotatable bonds is 13. The van der Waals surface area contributed by atoms with Gasteiger partial charge in [0, 0.05) is 42.0 Å². The van der Waals surface area contributed by atoms with Gasteiger partial charge in [0.1, 0.15) is 11.9 Å². The maximum Gasteiger partial charge on any atom is 0.243 e. The van der Waals surface area contributed by atoms with E-state index in [0.29, 0.717) is 15.6 Å². The summed E-state index contributed by atoms with van der Waals surface area (Å²) < 4.78 is 40.4. The number of sulfonamides is 1. The van der Waals surface area contributed by atoms with Gasteiger partial charge in [-0.25, -0.2) is 12.8 Å². The predicted molar refractivity (Wildman–Crippen MR) is 162 cm³/mol. The molecule has 0 fully saturated rings. The zero-order valence-corrected chi connectivity index (χ0v) is 25.5. The third kappa shape index (κ3) is 9.45. The number of nitrogens with zero attached hydrogens (tertiary/aromatic N) is 2. The van der Waals surface area contributed by atoms with Gasteiger partial charge in [-0.15, -0.1) is 0 Å². The molecule has 3 rings (SSSR count). The summed E-state index contributed by atoms with van der Waals surface area (Å²) in [5, 5.41) is 3.70. The van der Waals surface area contributed by atoms with Crippen molar-refractivity contribution in [2.24, 2.45) is 0 Å². The molecule has 3 aromatic rings. The largest absolute Gasteiger partial charge is 0.352 e. The van der Waals surface area contributed by atoms with Crippen LogP contribution in [0.25, 0.3) is 0 Å². The molecule has 7 nitrogen and oxygen atoms in total. The molecule has 0 aliphatic rings. The lowest BCUT2D eigenvalue weighted by molar-refractivity contribution is -0.141. The second-order valence-electron chi connectivity index (χ2n) is 10.0.